The van der Waals surface area contributed by atoms with E-state index in [1.165, 1.54) is 6.92 Å². The van der Waals surface area contributed by atoms with Gasteiger partial charge < -0.3 is 10.6 Å². The third-order valence-electron chi connectivity index (χ3n) is 1.51. The third kappa shape index (κ3) is 7.28. The van der Waals surface area contributed by atoms with E-state index in [1.54, 1.807) is 0 Å². The van der Waals surface area contributed by atoms with Gasteiger partial charge in [0.2, 0.25) is 5.91 Å². The van der Waals surface area contributed by atoms with E-state index >= 15 is 0 Å². The van der Waals surface area contributed by atoms with Crippen molar-refractivity contribution in [1.29, 1.82) is 0 Å². The Balaban J connectivity index is 3.18. The fourth-order valence-corrected chi connectivity index (χ4v) is 0.890. The molecule has 0 rings (SSSR count). The Kier molecular flexibility index (Phi) is 6.38. The molecule has 12 heavy (non-hydrogen) atoms. The summed E-state index contributed by atoms with van der Waals surface area (Å²) in [7, 11) is 0. The quantitative estimate of drug-likeness (QED) is 0.454. The van der Waals surface area contributed by atoms with Gasteiger partial charge in [-0.25, -0.2) is 0 Å². The molecule has 3 nitrogen and oxygen atoms in total. The van der Waals surface area contributed by atoms with Crippen LogP contribution in [0.2, 0.25) is 0 Å². The van der Waals surface area contributed by atoms with Crippen LogP contribution in [-0.2, 0) is 4.79 Å². The normalized spacial score (nSPS) is 12.2. The summed E-state index contributed by atoms with van der Waals surface area (Å²) in [5.41, 5.74) is 0. The smallest absolute Gasteiger partial charge is 0.216 e. The van der Waals surface area contributed by atoms with Gasteiger partial charge in [0.1, 0.15) is 0 Å². The molecule has 3 heteroatoms. The second-order valence-electron chi connectivity index (χ2n) is 2.86. The SMILES string of the molecule is C=CCC(C)NCCNC(C)=O. The van der Waals surface area contributed by atoms with Crippen LogP contribution in [0.15, 0.2) is 12.7 Å². The molecule has 2 N–H and O–H groups in total. The maximum atomic E-state index is 10.5. The lowest BCUT2D eigenvalue weighted by molar-refractivity contribution is -0.118. The second kappa shape index (κ2) is 6.85. The molecule has 1 atom stereocenters. The van der Waals surface area contributed by atoms with E-state index in [4.69, 9.17) is 0 Å². The summed E-state index contributed by atoms with van der Waals surface area (Å²) in [5, 5.41) is 5.97. The molecule has 0 radical (unpaired) electrons. The van der Waals surface area contributed by atoms with E-state index in [9.17, 15) is 4.79 Å². The number of rotatable bonds is 6. The zero-order valence-corrected chi connectivity index (χ0v) is 7.89. The largest absolute Gasteiger partial charge is 0.355 e. The molecule has 0 fully saturated rings. The van der Waals surface area contributed by atoms with Crippen LogP contribution in [0.4, 0.5) is 0 Å². The van der Waals surface area contributed by atoms with Crippen molar-refractivity contribution in [3.05, 3.63) is 12.7 Å². The first kappa shape index (κ1) is 11.2. The number of hydrogen-bond acceptors (Lipinski definition) is 2. The summed E-state index contributed by atoms with van der Waals surface area (Å²) in [6.45, 7) is 8.77. The van der Waals surface area contributed by atoms with Crippen molar-refractivity contribution in [2.75, 3.05) is 13.1 Å². The van der Waals surface area contributed by atoms with Crippen LogP contribution >= 0.6 is 0 Å². The summed E-state index contributed by atoms with van der Waals surface area (Å²) >= 11 is 0. The average Bonchev–Trinajstić information content (AvgIpc) is 1.98. The Morgan fingerprint density at radius 2 is 2.25 bits per heavy atom. The highest BCUT2D eigenvalue weighted by Gasteiger charge is 1.96. The van der Waals surface area contributed by atoms with Crippen molar-refractivity contribution in [1.82, 2.24) is 10.6 Å². The molecule has 0 saturated heterocycles. The van der Waals surface area contributed by atoms with E-state index in [-0.39, 0.29) is 5.91 Å². The lowest BCUT2D eigenvalue weighted by Gasteiger charge is -2.10. The highest BCUT2D eigenvalue weighted by molar-refractivity contribution is 5.72. The van der Waals surface area contributed by atoms with E-state index in [0.717, 1.165) is 13.0 Å². The van der Waals surface area contributed by atoms with Gasteiger partial charge in [-0.3, -0.25) is 4.79 Å². The summed E-state index contributed by atoms with van der Waals surface area (Å²) in [4.78, 5) is 10.5. The highest BCUT2D eigenvalue weighted by atomic mass is 16.1. The Morgan fingerprint density at radius 3 is 2.75 bits per heavy atom. The lowest BCUT2D eigenvalue weighted by atomic mass is 10.2. The Morgan fingerprint density at radius 1 is 1.58 bits per heavy atom. The zero-order valence-electron chi connectivity index (χ0n) is 7.89. The van der Waals surface area contributed by atoms with Gasteiger partial charge in [0.25, 0.3) is 0 Å². The standard InChI is InChI=1S/C9H18N2O/c1-4-5-8(2)10-6-7-11-9(3)12/h4,8,10H,1,5-7H2,2-3H3,(H,11,12). The zero-order chi connectivity index (χ0) is 9.40. The van der Waals surface area contributed by atoms with Crippen LogP contribution < -0.4 is 10.6 Å². The van der Waals surface area contributed by atoms with Gasteiger partial charge >= 0.3 is 0 Å². The van der Waals surface area contributed by atoms with Gasteiger partial charge in [-0.2, -0.15) is 0 Å². The van der Waals surface area contributed by atoms with Crippen molar-refractivity contribution in [3.63, 3.8) is 0 Å². The topological polar surface area (TPSA) is 41.1 Å². The van der Waals surface area contributed by atoms with E-state index in [2.05, 4.69) is 24.1 Å². The molecule has 0 heterocycles. The molecule has 70 valence electrons. The van der Waals surface area contributed by atoms with E-state index in [1.807, 2.05) is 6.08 Å². The van der Waals surface area contributed by atoms with Crippen LogP contribution in [-0.4, -0.2) is 25.0 Å². The number of carbonyl (C=O) groups is 1. The first-order valence-electron chi connectivity index (χ1n) is 4.25. The third-order valence-corrected chi connectivity index (χ3v) is 1.51. The van der Waals surface area contributed by atoms with Gasteiger partial charge in [0, 0.05) is 26.1 Å². The van der Waals surface area contributed by atoms with Crippen LogP contribution in [0.5, 0.6) is 0 Å². The van der Waals surface area contributed by atoms with Crippen molar-refractivity contribution in [3.8, 4) is 0 Å². The Labute approximate surface area is 74.2 Å². The van der Waals surface area contributed by atoms with Crippen LogP contribution in [0.3, 0.4) is 0 Å². The van der Waals surface area contributed by atoms with Gasteiger partial charge in [-0.15, -0.1) is 6.58 Å². The lowest BCUT2D eigenvalue weighted by Crippen LogP contribution is -2.34. The van der Waals surface area contributed by atoms with Crippen molar-refractivity contribution < 1.29 is 4.79 Å². The molecule has 0 aliphatic heterocycles. The maximum absolute atomic E-state index is 10.5. The summed E-state index contributed by atoms with van der Waals surface area (Å²) < 4.78 is 0. The maximum Gasteiger partial charge on any atom is 0.216 e. The number of nitrogens with one attached hydrogen (secondary N) is 2. The molecule has 0 spiro atoms. The van der Waals surface area contributed by atoms with Crippen molar-refractivity contribution >= 4 is 5.91 Å². The molecular formula is C9H18N2O. The molecule has 0 aromatic carbocycles. The van der Waals surface area contributed by atoms with Crippen molar-refractivity contribution in [2.24, 2.45) is 0 Å². The summed E-state index contributed by atoms with van der Waals surface area (Å²) in [5.74, 6) is 0.0215. The Bertz CT molecular complexity index is 145. The number of hydrogen-bond donors (Lipinski definition) is 2. The van der Waals surface area contributed by atoms with Crippen LogP contribution in [0, 0.1) is 0 Å². The molecule has 0 bridgehead atoms. The molecule has 1 amide bonds. The average molecular weight is 170 g/mol. The first-order valence-corrected chi connectivity index (χ1v) is 4.25. The number of carbonyl (C=O) groups excluding carboxylic acids is 1. The second-order valence-corrected chi connectivity index (χ2v) is 2.86. The van der Waals surface area contributed by atoms with Crippen LogP contribution in [0.25, 0.3) is 0 Å². The van der Waals surface area contributed by atoms with Gasteiger partial charge in [0.05, 0.1) is 0 Å². The minimum atomic E-state index is 0.0215. The minimum absolute atomic E-state index is 0.0215. The fourth-order valence-electron chi connectivity index (χ4n) is 0.890. The van der Waals surface area contributed by atoms with Crippen LogP contribution in [0.1, 0.15) is 20.3 Å². The van der Waals surface area contributed by atoms with Gasteiger partial charge in [-0.1, -0.05) is 6.08 Å². The molecule has 0 aliphatic rings. The molecule has 0 aliphatic carbocycles. The molecule has 1 unspecified atom stereocenters. The Hall–Kier alpha value is -0.830. The van der Waals surface area contributed by atoms with Gasteiger partial charge in [0.15, 0.2) is 0 Å². The predicted molar refractivity (Wildman–Crippen MR) is 51.0 cm³/mol. The highest BCUT2D eigenvalue weighted by Crippen LogP contribution is 1.88. The minimum Gasteiger partial charge on any atom is -0.355 e. The van der Waals surface area contributed by atoms with Crippen molar-refractivity contribution in [2.45, 2.75) is 26.3 Å². The first-order chi connectivity index (χ1) is 5.66. The molecule has 0 aromatic rings. The molecule has 0 aromatic heterocycles. The molecule has 0 saturated carbocycles. The summed E-state index contributed by atoms with van der Waals surface area (Å²) in [6, 6.07) is 0.441. The van der Waals surface area contributed by atoms with Gasteiger partial charge in [-0.05, 0) is 13.3 Å². The van der Waals surface area contributed by atoms with E-state index in [0.29, 0.717) is 12.6 Å². The van der Waals surface area contributed by atoms with E-state index < -0.39 is 0 Å². The summed E-state index contributed by atoms with van der Waals surface area (Å²) in [6.07, 6.45) is 2.84. The fraction of sp³-hybridized carbons (Fsp3) is 0.667. The predicted octanol–water partition coefficient (Wildman–Crippen LogP) is 0.677. The number of amides is 1. The monoisotopic (exact) mass is 170 g/mol. The molecular weight excluding hydrogens is 152 g/mol.